The molecule has 3 rings (SSSR count). The van der Waals surface area contributed by atoms with Gasteiger partial charge in [0.15, 0.2) is 0 Å². The quantitative estimate of drug-likeness (QED) is 0.390. The molecule has 2 atom stereocenters. The lowest BCUT2D eigenvalue weighted by atomic mass is 10.1. The maximum atomic E-state index is 13.2. The first-order valence-electron chi connectivity index (χ1n) is 10.6. The van der Waals surface area contributed by atoms with Gasteiger partial charge in [-0.25, -0.2) is 14.4 Å². The van der Waals surface area contributed by atoms with Crippen LogP contribution in [-0.2, 0) is 19.1 Å². The van der Waals surface area contributed by atoms with Crippen molar-refractivity contribution in [2.45, 2.75) is 26.1 Å². The second-order valence-corrected chi connectivity index (χ2v) is 8.69. The largest absolute Gasteiger partial charge is 0.478 e. The van der Waals surface area contributed by atoms with Crippen molar-refractivity contribution in [2.75, 3.05) is 5.32 Å². The molecule has 0 aliphatic rings. The van der Waals surface area contributed by atoms with E-state index in [0.717, 1.165) is 11.1 Å². The lowest BCUT2D eigenvalue weighted by Gasteiger charge is -2.24. The van der Waals surface area contributed by atoms with Crippen LogP contribution >= 0.6 is 23.2 Å². The predicted octanol–water partition coefficient (Wildman–Crippen LogP) is 5.08. The van der Waals surface area contributed by atoms with Crippen LogP contribution in [0.2, 0.25) is 10.0 Å². The molecule has 10 heteroatoms. The van der Waals surface area contributed by atoms with Crippen molar-refractivity contribution in [3.63, 3.8) is 0 Å². The Balaban J connectivity index is 1.94. The molecule has 0 saturated heterocycles. The molecule has 3 aromatic rings. The predicted molar refractivity (Wildman–Crippen MR) is 133 cm³/mol. The third kappa shape index (κ3) is 6.84. The average Bonchev–Trinajstić information content (AvgIpc) is 2.82. The highest BCUT2D eigenvalue weighted by Crippen LogP contribution is 2.26. The topological polar surface area (TPSA) is 119 Å². The van der Waals surface area contributed by atoms with Crippen LogP contribution < -0.4 is 5.32 Å². The van der Waals surface area contributed by atoms with Crippen molar-refractivity contribution < 1.29 is 33.8 Å². The number of halogens is 2. The third-order valence-electron chi connectivity index (χ3n) is 4.94. The number of anilines is 1. The molecule has 8 nitrogen and oxygen atoms in total. The molecule has 0 fully saturated rings. The van der Waals surface area contributed by atoms with Gasteiger partial charge in [-0.3, -0.25) is 4.79 Å². The fourth-order valence-electron chi connectivity index (χ4n) is 3.20. The van der Waals surface area contributed by atoms with Crippen molar-refractivity contribution in [3.8, 4) is 0 Å². The summed E-state index contributed by atoms with van der Waals surface area (Å²) in [6, 6.07) is 16.7. The van der Waals surface area contributed by atoms with E-state index < -0.39 is 36.0 Å². The number of aliphatic carboxylic acids is 1. The fourth-order valence-corrected chi connectivity index (χ4v) is 3.66. The number of ether oxygens (including phenoxy) is 2. The number of carboxylic acid groups (broad SMARTS) is 1. The van der Waals surface area contributed by atoms with Gasteiger partial charge in [-0.1, -0.05) is 58.6 Å². The maximum absolute atomic E-state index is 13.2. The summed E-state index contributed by atoms with van der Waals surface area (Å²) in [5, 5.41) is 12.6. The first kappa shape index (κ1) is 26.7. The van der Waals surface area contributed by atoms with Crippen LogP contribution in [0.15, 0.2) is 66.7 Å². The van der Waals surface area contributed by atoms with Crippen molar-refractivity contribution in [1.29, 1.82) is 0 Å². The molecule has 0 aliphatic carbocycles. The van der Waals surface area contributed by atoms with Gasteiger partial charge in [0.1, 0.15) is 0 Å². The molecule has 0 aromatic heterocycles. The van der Waals surface area contributed by atoms with Crippen LogP contribution in [0.1, 0.15) is 31.8 Å². The monoisotopic (exact) mass is 529 g/mol. The van der Waals surface area contributed by atoms with Crippen LogP contribution in [0.3, 0.4) is 0 Å². The van der Waals surface area contributed by atoms with E-state index in [4.69, 9.17) is 32.7 Å². The van der Waals surface area contributed by atoms with Gasteiger partial charge in [-0.15, -0.1) is 0 Å². The van der Waals surface area contributed by atoms with Gasteiger partial charge >= 0.3 is 17.9 Å². The van der Waals surface area contributed by atoms with Gasteiger partial charge < -0.3 is 19.9 Å². The van der Waals surface area contributed by atoms with Crippen LogP contribution in [0.5, 0.6) is 0 Å². The Morgan fingerprint density at radius 1 is 0.778 bits per heavy atom. The minimum Gasteiger partial charge on any atom is -0.478 e. The highest BCUT2D eigenvalue weighted by molar-refractivity contribution is 6.36. The van der Waals surface area contributed by atoms with Crippen molar-refractivity contribution in [2.24, 2.45) is 0 Å². The van der Waals surface area contributed by atoms with E-state index in [-0.39, 0.29) is 21.8 Å². The Labute approximate surface area is 216 Å². The minimum absolute atomic E-state index is 0.0586. The van der Waals surface area contributed by atoms with Gasteiger partial charge in [-0.2, -0.15) is 0 Å². The third-order valence-corrected chi connectivity index (χ3v) is 5.49. The van der Waals surface area contributed by atoms with E-state index >= 15 is 0 Å². The fraction of sp³-hybridized carbons (Fsp3) is 0.154. The molecule has 0 spiro atoms. The molecule has 0 heterocycles. The molecular weight excluding hydrogens is 509 g/mol. The number of carboxylic acids is 1. The Kier molecular flexibility index (Phi) is 8.68. The van der Waals surface area contributed by atoms with Gasteiger partial charge in [0.05, 0.1) is 21.8 Å². The maximum Gasteiger partial charge on any atom is 0.349 e. The molecular formula is C26H21Cl2NO7. The zero-order valence-corrected chi connectivity index (χ0v) is 20.7. The number of rotatable bonds is 8. The number of amides is 1. The second-order valence-electron chi connectivity index (χ2n) is 7.84. The summed E-state index contributed by atoms with van der Waals surface area (Å²) in [4.78, 5) is 50.8. The van der Waals surface area contributed by atoms with Crippen LogP contribution in [-0.4, -0.2) is 41.1 Å². The number of carbonyl (C=O) groups is 4. The van der Waals surface area contributed by atoms with E-state index in [1.54, 1.807) is 38.1 Å². The molecule has 0 unspecified atom stereocenters. The molecule has 3 aromatic carbocycles. The van der Waals surface area contributed by atoms with E-state index in [2.05, 4.69) is 5.32 Å². The SMILES string of the molecule is Cc1cccc(C(=O)O[C@H](C(=O)O)[C@H](OC(=O)c2cccc(C)c2)C(=O)Nc2ccc(Cl)cc2Cl)c1. The van der Waals surface area contributed by atoms with Crippen molar-refractivity contribution in [3.05, 3.63) is 99.0 Å². The number of aryl methyl sites for hydroxylation is 2. The van der Waals surface area contributed by atoms with E-state index in [0.29, 0.717) is 5.02 Å². The highest BCUT2D eigenvalue weighted by atomic mass is 35.5. The number of hydrogen-bond acceptors (Lipinski definition) is 6. The van der Waals surface area contributed by atoms with E-state index in [1.807, 2.05) is 0 Å². The van der Waals surface area contributed by atoms with E-state index in [9.17, 15) is 24.3 Å². The standard InChI is InChI=1S/C26H21Cl2NO7/c1-14-5-3-7-16(11-14)25(33)35-21(23(30)29-20-10-9-18(27)13-19(20)28)22(24(31)32)36-26(34)17-8-4-6-15(2)12-17/h3-13,21-22H,1-2H3,(H,29,30)(H,31,32)/t21-,22-/m0/s1. The van der Waals surface area contributed by atoms with E-state index in [1.165, 1.54) is 42.5 Å². The van der Waals surface area contributed by atoms with Crippen molar-refractivity contribution in [1.82, 2.24) is 0 Å². The first-order chi connectivity index (χ1) is 17.0. The molecule has 186 valence electrons. The average molecular weight is 530 g/mol. The number of esters is 2. The Morgan fingerprint density at radius 2 is 1.31 bits per heavy atom. The highest BCUT2D eigenvalue weighted by Gasteiger charge is 2.41. The smallest absolute Gasteiger partial charge is 0.349 e. The minimum atomic E-state index is -2.17. The molecule has 0 bridgehead atoms. The summed E-state index contributed by atoms with van der Waals surface area (Å²) in [5.41, 5.74) is 1.68. The van der Waals surface area contributed by atoms with Gasteiger partial charge in [0.25, 0.3) is 5.91 Å². The number of hydrogen-bond donors (Lipinski definition) is 2. The Morgan fingerprint density at radius 3 is 1.78 bits per heavy atom. The first-order valence-corrected chi connectivity index (χ1v) is 11.3. The summed E-state index contributed by atoms with van der Waals surface area (Å²) in [6.45, 7) is 3.48. The zero-order valence-electron chi connectivity index (χ0n) is 19.2. The number of nitrogens with one attached hydrogen (secondary N) is 1. The normalized spacial score (nSPS) is 12.2. The van der Waals surface area contributed by atoms with Crippen molar-refractivity contribution >= 4 is 52.7 Å². The zero-order chi connectivity index (χ0) is 26.4. The molecule has 0 saturated carbocycles. The summed E-state index contributed by atoms with van der Waals surface area (Å²) in [5.74, 6) is -4.78. The second kappa shape index (κ2) is 11.7. The number of benzene rings is 3. The summed E-state index contributed by atoms with van der Waals surface area (Å²) in [6.07, 6.45) is -4.23. The van der Waals surface area contributed by atoms with Gasteiger partial charge in [0.2, 0.25) is 12.2 Å². The van der Waals surface area contributed by atoms with Crippen LogP contribution in [0.25, 0.3) is 0 Å². The summed E-state index contributed by atoms with van der Waals surface area (Å²) in [7, 11) is 0. The molecule has 0 radical (unpaired) electrons. The lowest BCUT2D eigenvalue weighted by Crippen LogP contribution is -2.48. The summed E-state index contributed by atoms with van der Waals surface area (Å²) >= 11 is 12.0. The molecule has 36 heavy (non-hydrogen) atoms. The Bertz CT molecular complexity index is 1330. The van der Waals surface area contributed by atoms with Gasteiger partial charge in [0, 0.05) is 5.02 Å². The molecule has 2 N–H and O–H groups in total. The summed E-state index contributed by atoms with van der Waals surface area (Å²) < 4.78 is 10.4. The van der Waals surface area contributed by atoms with Crippen LogP contribution in [0.4, 0.5) is 5.69 Å². The molecule has 1 amide bonds. The number of carbonyl (C=O) groups excluding carboxylic acids is 3. The lowest BCUT2D eigenvalue weighted by molar-refractivity contribution is -0.157. The van der Waals surface area contributed by atoms with Crippen LogP contribution in [0, 0.1) is 13.8 Å². The van der Waals surface area contributed by atoms with Gasteiger partial charge in [-0.05, 0) is 56.3 Å². The Hall–Kier alpha value is -3.88. The molecule has 0 aliphatic heterocycles.